The van der Waals surface area contributed by atoms with Crippen molar-refractivity contribution < 1.29 is 14.7 Å². The molecule has 0 bridgehead atoms. The maximum atomic E-state index is 12.0. The van der Waals surface area contributed by atoms with Crippen LogP contribution in [0, 0.1) is 5.92 Å². The molecular weight excluding hydrogens is 358 g/mol. The Morgan fingerprint density at radius 1 is 0.889 bits per heavy atom. The lowest BCUT2D eigenvalue weighted by Gasteiger charge is -2.11. The lowest BCUT2D eigenvalue weighted by molar-refractivity contribution is -0.144. The van der Waals surface area contributed by atoms with Crippen LogP contribution >= 0.6 is 12.2 Å². The number of unbranched alkanes of at least 4 members (excludes halogenated alkanes) is 11. The van der Waals surface area contributed by atoms with Crippen LogP contribution in [0.2, 0.25) is 0 Å². The van der Waals surface area contributed by atoms with Crippen molar-refractivity contribution in [3.05, 3.63) is 0 Å². The standard InChI is InChI=1S/C22H39NO3S/c1-2-3-4-5-6-7-8-9-10-11-12-16-21(24)18-20(22(25)26)15-13-14-17-23-19-27/h20H,2-18H2,1H3,(H,25,26). The van der Waals surface area contributed by atoms with Gasteiger partial charge in [0.1, 0.15) is 5.78 Å². The van der Waals surface area contributed by atoms with E-state index in [0.717, 1.165) is 25.7 Å². The van der Waals surface area contributed by atoms with Gasteiger partial charge in [0, 0.05) is 19.4 Å². The van der Waals surface area contributed by atoms with Gasteiger partial charge in [-0.15, -0.1) is 0 Å². The molecule has 0 aliphatic carbocycles. The average molecular weight is 398 g/mol. The van der Waals surface area contributed by atoms with E-state index in [1.165, 1.54) is 57.8 Å². The van der Waals surface area contributed by atoms with E-state index in [9.17, 15) is 14.7 Å². The molecule has 0 aliphatic heterocycles. The van der Waals surface area contributed by atoms with E-state index in [1.54, 1.807) is 0 Å². The molecule has 0 saturated carbocycles. The molecule has 0 amide bonds. The lowest BCUT2D eigenvalue weighted by atomic mass is 9.94. The minimum Gasteiger partial charge on any atom is -0.481 e. The number of rotatable bonds is 20. The van der Waals surface area contributed by atoms with Gasteiger partial charge in [-0.2, -0.15) is 0 Å². The van der Waals surface area contributed by atoms with Gasteiger partial charge in [0.25, 0.3) is 0 Å². The molecule has 0 aromatic rings. The quantitative estimate of drug-likeness (QED) is 0.142. The summed E-state index contributed by atoms with van der Waals surface area (Å²) in [7, 11) is 0. The number of hydrogen-bond donors (Lipinski definition) is 1. The monoisotopic (exact) mass is 397 g/mol. The molecule has 156 valence electrons. The Bertz CT molecular complexity index is 433. The molecule has 0 aromatic heterocycles. The van der Waals surface area contributed by atoms with Crippen LogP contribution in [-0.2, 0) is 9.59 Å². The zero-order valence-corrected chi connectivity index (χ0v) is 18.0. The minimum absolute atomic E-state index is 0.0928. The molecular formula is C22H39NO3S. The van der Waals surface area contributed by atoms with Crippen LogP contribution in [-0.4, -0.2) is 28.6 Å². The van der Waals surface area contributed by atoms with Gasteiger partial charge in [-0.25, -0.2) is 4.99 Å². The molecule has 0 spiro atoms. The first-order valence-electron chi connectivity index (χ1n) is 10.9. The first kappa shape index (κ1) is 25.9. The molecule has 0 saturated heterocycles. The first-order valence-corrected chi connectivity index (χ1v) is 11.3. The summed E-state index contributed by atoms with van der Waals surface area (Å²) < 4.78 is 0. The number of Topliss-reactive ketones (excluding diaryl/α,β-unsaturated/α-hetero) is 1. The zero-order chi connectivity index (χ0) is 20.2. The van der Waals surface area contributed by atoms with Crippen LogP contribution in [0.15, 0.2) is 4.99 Å². The number of nitrogens with zero attached hydrogens (tertiary/aromatic N) is 1. The van der Waals surface area contributed by atoms with E-state index in [2.05, 4.69) is 29.3 Å². The molecule has 0 radical (unpaired) electrons. The number of aliphatic imine (C=N–C) groups is 1. The molecule has 4 nitrogen and oxygen atoms in total. The highest BCUT2D eigenvalue weighted by atomic mass is 32.1. The number of carbonyl (C=O) groups is 2. The molecule has 1 N–H and O–H groups in total. The van der Waals surface area contributed by atoms with E-state index in [0.29, 0.717) is 19.4 Å². The number of hydrogen-bond acceptors (Lipinski definition) is 4. The molecule has 1 atom stereocenters. The lowest BCUT2D eigenvalue weighted by Crippen LogP contribution is -2.18. The van der Waals surface area contributed by atoms with Crippen molar-refractivity contribution in [2.45, 2.75) is 110 Å². The van der Waals surface area contributed by atoms with Crippen molar-refractivity contribution in [3.63, 3.8) is 0 Å². The number of thiocarbonyl (C=S) groups is 1. The Morgan fingerprint density at radius 3 is 1.96 bits per heavy atom. The topological polar surface area (TPSA) is 66.7 Å². The second kappa shape index (κ2) is 19.7. The van der Waals surface area contributed by atoms with Gasteiger partial charge in [0.05, 0.1) is 11.1 Å². The summed E-state index contributed by atoms with van der Waals surface area (Å²) in [6.45, 7) is 2.83. The molecule has 27 heavy (non-hydrogen) atoms. The fourth-order valence-electron chi connectivity index (χ4n) is 3.30. The fourth-order valence-corrected chi connectivity index (χ4v) is 3.39. The summed E-state index contributed by atoms with van der Waals surface area (Å²) in [5.41, 5.74) is 0. The second-order valence-electron chi connectivity index (χ2n) is 7.53. The van der Waals surface area contributed by atoms with Gasteiger partial charge in [-0.3, -0.25) is 9.59 Å². The maximum absolute atomic E-state index is 12.0. The predicted octanol–water partition coefficient (Wildman–Crippen LogP) is 6.62. The normalized spacial score (nSPS) is 11.7. The van der Waals surface area contributed by atoms with Crippen LogP contribution in [0.1, 0.15) is 110 Å². The second-order valence-corrected chi connectivity index (χ2v) is 7.71. The first-order chi connectivity index (χ1) is 13.1. The van der Waals surface area contributed by atoms with Gasteiger partial charge in [0.15, 0.2) is 0 Å². The van der Waals surface area contributed by atoms with Crippen molar-refractivity contribution in [3.8, 4) is 0 Å². The van der Waals surface area contributed by atoms with E-state index in [-0.39, 0.29) is 12.2 Å². The van der Waals surface area contributed by atoms with E-state index in [1.807, 2.05) is 0 Å². The Balaban J connectivity index is 3.63. The van der Waals surface area contributed by atoms with Crippen molar-refractivity contribution in [1.29, 1.82) is 0 Å². The summed E-state index contributed by atoms with van der Waals surface area (Å²) in [6, 6.07) is 0. The average Bonchev–Trinajstić information content (AvgIpc) is 2.64. The molecule has 0 heterocycles. The van der Waals surface area contributed by atoms with Gasteiger partial charge >= 0.3 is 5.97 Å². The number of isothiocyanates is 1. The van der Waals surface area contributed by atoms with Gasteiger partial charge in [-0.1, -0.05) is 77.6 Å². The van der Waals surface area contributed by atoms with Crippen molar-refractivity contribution >= 4 is 29.1 Å². The van der Waals surface area contributed by atoms with Crippen molar-refractivity contribution in [2.75, 3.05) is 6.54 Å². The summed E-state index contributed by atoms with van der Waals surface area (Å²) in [5, 5.41) is 11.6. The molecule has 0 fully saturated rings. The number of carbonyl (C=O) groups excluding carboxylic acids is 1. The minimum atomic E-state index is -0.861. The highest BCUT2D eigenvalue weighted by molar-refractivity contribution is 7.78. The smallest absolute Gasteiger partial charge is 0.306 e. The summed E-state index contributed by atoms with van der Waals surface area (Å²) in [6.07, 6.45) is 16.6. The molecule has 0 aromatic carbocycles. The Hall–Kier alpha value is -1.06. The number of carboxylic acid groups (broad SMARTS) is 1. The maximum Gasteiger partial charge on any atom is 0.306 e. The summed E-state index contributed by atoms with van der Waals surface area (Å²) in [4.78, 5) is 27.2. The third kappa shape index (κ3) is 18.1. The largest absolute Gasteiger partial charge is 0.481 e. The molecule has 0 rings (SSSR count). The number of carboxylic acids is 1. The van der Waals surface area contributed by atoms with Crippen LogP contribution in [0.4, 0.5) is 0 Å². The highest BCUT2D eigenvalue weighted by Gasteiger charge is 2.20. The molecule has 5 heteroatoms. The van der Waals surface area contributed by atoms with Crippen LogP contribution in [0.5, 0.6) is 0 Å². The number of aliphatic carboxylic acids is 1. The SMILES string of the molecule is CCCCCCCCCCCCCC(=O)CC(CCCCN=C=S)C(=O)O. The van der Waals surface area contributed by atoms with Gasteiger partial charge < -0.3 is 5.11 Å². The van der Waals surface area contributed by atoms with Gasteiger partial charge in [0.2, 0.25) is 0 Å². The third-order valence-corrected chi connectivity index (χ3v) is 5.15. The third-order valence-electron chi connectivity index (χ3n) is 5.02. The van der Waals surface area contributed by atoms with E-state index < -0.39 is 11.9 Å². The van der Waals surface area contributed by atoms with E-state index in [4.69, 9.17) is 0 Å². The van der Waals surface area contributed by atoms with E-state index >= 15 is 0 Å². The van der Waals surface area contributed by atoms with Crippen LogP contribution in [0.25, 0.3) is 0 Å². The van der Waals surface area contributed by atoms with Gasteiger partial charge in [-0.05, 0) is 31.5 Å². The van der Waals surface area contributed by atoms with Crippen molar-refractivity contribution in [1.82, 2.24) is 0 Å². The predicted molar refractivity (Wildman–Crippen MR) is 116 cm³/mol. The molecule has 1 unspecified atom stereocenters. The number of ketones is 1. The zero-order valence-electron chi connectivity index (χ0n) is 17.2. The van der Waals surface area contributed by atoms with Crippen LogP contribution in [0.3, 0.4) is 0 Å². The Morgan fingerprint density at radius 2 is 1.44 bits per heavy atom. The summed E-state index contributed by atoms with van der Waals surface area (Å²) >= 11 is 4.50. The fraction of sp³-hybridized carbons (Fsp3) is 0.864. The Kier molecular flexibility index (Phi) is 18.9. The Labute approximate surface area is 171 Å². The highest BCUT2D eigenvalue weighted by Crippen LogP contribution is 2.17. The molecule has 0 aliphatic rings. The summed E-state index contributed by atoms with van der Waals surface area (Å²) in [5.74, 6) is -1.32. The van der Waals surface area contributed by atoms with Crippen LogP contribution < -0.4 is 0 Å². The van der Waals surface area contributed by atoms with Crippen molar-refractivity contribution in [2.24, 2.45) is 10.9 Å².